The van der Waals surface area contributed by atoms with Gasteiger partial charge in [0.05, 0.1) is 11.7 Å². The van der Waals surface area contributed by atoms with Crippen molar-refractivity contribution in [3.05, 3.63) is 24.0 Å². The number of hydrogen-bond acceptors (Lipinski definition) is 3. The molecule has 1 aromatic carbocycles. The average molecular weight is 291 g/mol. The van der Waals surface area contributed by atoms with Gasteiger partial charge in [-0.2, -0.15) is 0 Å². The van der Waals surface area contributed by atoms with Crippen LogP contribution >= 0.6 is 0 Å². The Morgan fingerprint density at radius 1 is 1.43 bits per heavy atom. The van der Waals surface area contributed by atoms with Gasteiger partial charge in [0.25, 0.3) is 0 Å². The van der Waals surface area contributed by atoms with Crippen molar-refractivity contribution < 1.29 is 9.18 Å². The highest BCUT2D eigenvalue weighted by Gasteiger charge is 2.38. The van der Waals surface area contributed by atoms with Crippen molar-refractivity contribution in [1.29, 1.82) is 0 Å². The molecule has 0 saturated heterocycles. The van der Waals surface area contributed by atoms with Gasteiger partial charge in [0.15, 0.2) is 0 Å². The summed E-state index contributed by atoms with van der Waals surface area (Å²) in [6, 6.07) is 4.51. The Morgan fingerprint density at radius 2 is 2.14 bits per heavy atom. The zero-order valence-electron chi connectivity index (χ0n) is 12.3. The third-order valence-corrected chi connectivity index (χ3v) is 4.31. The van der Waals surface area contributed by atoms with E-state index in [-0.39, 0.29) is 17.6 Å². The summed E-state index contributed by atoms with van der Waals surface area (Å²) in [4.78, 5) is 14.7. The fourth-order valence-electron chi connectivity index (χ4n) is 2.65. The monoisotopic (exact) mass is 291 g/mol. The fourth-order valence-corrected chi connectivity index (χ4v) is 2.65. The maximum Gasteiger partial charge on any atom is 0.241 e. The molecule has 2 aliphatic rings. The normalized spacial score (nSPS) is 19.6. The molecule has 21 heavy (non-hydrogen) atoms. The lowest BCUT2D eigenvalue weighted by atomic mass is 10.2. The zero-order valence-corrected chi connectivity index (χ0v) is 12.3. The number of carbonyl (C=O) groups excluding carboxylic acids is 1. The van der Waals surface area contributed by atoms with Gasteiger partial charge in [0, 0.05) is 18.3 Å². The molecule has 2 saturated carbocycles. The average Bonchev–Trinajstić information content (AvgIpc) is 3.32. The van der Waals surface area contributed by atoms with Gasteiger partial charge in [0.2, 0.25) is 5.91 Å². The van der Waals surface area contributed by atoms with E-state index in [1.165, 1.54) is 31.0 Å². The van der Waals surface area contributed by atoms with Gasteiger partial charge in [0.1, 0.15) is 5.82 Å². The number of hydrogen-bond donors (Lipinski definition) is 2. The molecule has 0 bridgehead atoms. The summed E-state index contributed by atoms with van der Waals surface area (Å²) in [7, 11) is 0. The molecular weight excluding hydrogens is 269 g/mol. The lowest BCUT2D eigenvalue weighted by Crippen LogP contribution is -2.44. The first-order valence-corrected chi connectivity index (χ1v) is 7.66. The third-order valence-electron chi connectivity index (χ3n) is 4.31. The van der Waals surface area contributed by atoms with Gasteiger partial charge in [-0.15, -0.1) is 0 Å². The number of rotatable bonds is 6. The van der Waals surface area contributed by atoms with E-state index in [0.717, 1.165) is 25.3 Å². The highest BCUT2D eigenvalue weighted by molar-refractivity contribution is 5.95. The predicted octanol–water partition coefficient (Wildman–Crippen LogP) is 2.61. The minimum absolute atomic E-state index is 0.160. The van der Waals surface area contributed by atoms with E-state index >= 15 is 0 Å². The van der Waals surface area contributed by atoms with Crippen LogP contribution in [-0.4, -0.2) is 29.4 Å². The van der Waals surface area contributed by atoms with Gasteiger partial charge in [-0.1, -0.05) is 0 Å². The van der Waals surface area contributed by atoms with E-state index in [1.54, 1.807) is 0 Å². The molecule has 2 aliphatic carbocycles. The highest BCUT2D eigenvalue weighted by Crippen LogP contribution is 2.36. The topological polar surface area (TPSA) is 58.4 Å². The van der Waals surface area contributed by atoms with Crippen molar-refractivity contribution >= 4 is 17.3 Å². The van der Waals surface area contributed by atoms with E-state index in [4.69, 9.17) is 5.73 Å². The highest BCUT2D eigenvalue weighted by atomic mass is 19.1. The van der Waals surface area contributed by atoms with Crippen molar-refractivity contribution in [3.8, 4) is 0 Å². The molecule has 1 atom stereocenters. The molecule has 0 aliphatic heterocycles. The summed E-state index contributed by atoms with van der Waals surface area (Å²) in [5.41, 5.74) is 6.25. The number of nitrogens with one attached hydrogen (secondary N) is 1. The molecule has 3 rings (SSSR count). The molecule has 0 spiro atoms. The quantitative estimate of drug-likeness (QED) is 0.792. The molecule has 0 radical (unpaired) electrons. The van der Waals surface area contributed by atoms with E-state index < -0.39 is 5.82 Å². The van der Waals surface area contributed by atoms with Gasteiger partial charge >= 0.3 is 0 Å². The first-order valence-electron chi connectivity index (χ1n) is 7.66. The van der Waals surface area contributed by atoms with E-state index in [9.17, 15) is 9.18 Å². The van der Waals surface area contributed by atoms with Crippen LogP contribution in [0.3, 0.4) is 0 Å². The van der Waals surface area contributed by atoms with E-state index in [0.29, 0.717) is 11.7 Å². The van der Waals surface area contributed by atoms with Crippen LogP contribution in [-0.2, 0) is 4.79 Å². The number of carbonyl (C=O) groups is 1. The Bertz CT molecular complexity index is 540. The third kappa shape index (κ3) is 3.53. The molecule has 114 valence electrons. The molecule has 1 unspecified atom stereocenters. The maximum atomic E-state index is 13.7. The second-order valence-electron chi connectivity index (χ2n) is 6.28. The summed E-state index contributed by atoms with van der Waals surface area (Å²) in [5, 5.41) is 2.67. The summed E-state index contributed by atoms with van der Waals surface area (Å²) in [5.74, 6) is 0.127. The van der Waals surface area contributed by atoms with Crippen molar-refractivity contribution in [2.45, 2.75) is 44.7 Å². The van der Waals surface area contributed by atoms with Crippen LogP contribution in [0.1, 0.15) is 32.6 Å². The number of amides is 1. The number of anilines is 2. The number of nitrogen functional groups attached to an aromatic ring is 1. The smallest absolute Gasteiger partial charge is 0.241 e. The number of halogens is 1. The van der Waals surface area contributed by atoms with Crippen molar-refractivity contribution in [2.24, 2.45) is 5.92 Å². The molecule has 1 aromatic rings. The molecule has 0 aromatic heterocycles. The summed E-state index contributed by atoms with van der Waals surface area (Å²) < 4.78 is 13.7. The maximum absolute atomic E-state index is 13.7. The van der Waals surface area contributed by atoms with Gasteiger partial charge in [-0.25, -0.2) is 4.39 Å². The Labute approximate surface area is 124 Å². The number of nitrogens with zero attached hydrogens (tertiary/aromatic N) is 1. The van der Waals surface area contributed by atoms with Crippen molar-refractivity contribution in [3.63, 3.8) is 0 Å². The van der Waals surface area contributed by atoms with Crippen LogP contribution in [0.4, 0.5) is 15.8 Å². The minimum atomic E-state index is -0.454. The van der Waals surface area contributed by atoms with Crippen molar-refractivity contribution in [2.75, 3.05) is 17.6 Å². The van der Waals surface area contributed by atoms with Crippen LogP contribution < -0.4 is 11.1 Å². The summed E-state index contributed by atoms with van der Waals surface area (Å²) in [6.45, 7) is 2.89. The standard InChI is InChI=1S/C16H22FN3O/c1-10(20(13-5-6-13)9-11-2-3-11)16(21)19-15-8-12(18)4-7-14(15)17/h4,7-8,10-11,13H,2-3,5-6,9,18H2,1H3,(H,19,21). The molecule has 2 fully saturated rings. The molecule has 3 N–H and O–H groups in total. The SMILES string of the molecule is CC(C(=O)Nc1cc(N)ccc1F)N(CC1CC1)C1CC1. The van der Waals surface area contributed by atoms with Crippen LogP contribution in [0.15, 0.2) is 18.2 Å². The van der Waals surface area contributed by atoms with Crippen LogP contribution in [0, 0.1) is 11.7 Å². The number of benzene rings is 1. The Hall–Kier alpha value is -1.62. The molecule has 0 heterocycles. The first-order chi connectivity index (χ1) is 10.0. The van der Waals surface area contributed by atoms with E-state index in [2.05, 4.69) is 10.2 Å². The second kappa shape index (κ2) is 5.64. The molecular formula is C16H22FN3O. The van der Waals surface area contributed by atoms with E-state index in [1.807, 2.05) is 6.92 Å². The van der Waals surface area contributed by atoms with Crippen LogP contribution in [0.2, 0.25) is 0 Å². The van der Waals surface area contributed by atoms with Crippen LogP contribution in [0.5, 0.6) is 0 Å². The number of nitrogens with two attached hydrogens (primary N) is 1. The Kier molecular flexibility index (Phi) is 3.85. The molecule has 1 amide bonds. The zero-order chi connectivity index (χ0) is 15.0. The van der Waals surface area contributed by atoms with Crippen LogP contribution in [0.25, 0.3) is 0 Å². The predicted molar refractivity (Wildman–Crippen MR) is 81.4 cm³/mol. The van der Waals surface area contributed by atoms with Gasteiger partial charge in [-0.05, 0) is 56.7 Å². The largest absolute Gasteiger partial charge is 0.399 e. The lowest BCUT2D eigenvalue weighted by Gasteiger charge is -2.28. The fraction of sp³-hybridized carbons (Fsp3) is 0.562. The van der Waals surface area contributed by atoms with Crippen molar-refractivity contribution in [1.82, 2.24) is 4.90 Å². The second-order valence-corrected chi connectivity index (χ2v) is 6.28. The summed E-state index contributed by atoms with van der Waals surface area (Å²) >= 11 is 0. The molecule has 5 heteroatoms. The molecule has 4 nitrogen and oxygen atoms in total. The van der Waals surface area contributed by atoms with Gasteiger partial charge in [-0.3, -0.25) is 9.69 Å². The minimum Gasteiger partial charge on any atom is -0.399 e. The van der Waals surface area contributed by atoms with Gasteiger partial charge < -0.3 is 11.1 Å². The Balaban J connectivity index is 1.66. The lowest BCUT2D eigenvalue weighted by molar-refractivity contribution is -0.121. The summed E-state index contributed by atoms with van der Waals surface area (Å²) in [6.07, 6.45) is 4.86. The Morgan fingerprint density at radius 3 is 2.76 bits per heavy atom. The first kappa shape index (κ1) is 14.3.